The fourth-order valence-corrected chi connectivity index (χ4v) is 2.60. The Morgan fingerprint density at radius 3 is 2.35 bits per heavy atom. The monoisotopic (exact) mass is 268 g/mol. The highest BCUT2D eigenvalue weighted by Crippen LogP contribution is 2.22. The summed E-state index contributed by atoms with van der Waals surface area (Å²) in [5, 5.41) is 3.42. The molecule has 0 bridgehead atoms. The largest absolute Gasteiger partial charge is 0.313 e. The van der Waals surface area contributed by atoms with Crippen molar-refractivity contribution in [2.45, 2.75) is 40.2 Å². The highest BCUT2D eigenvalue weighted by Gasteiger charge is 2.13. The van der Waals surface area contributed by atoms with Crippen LogP contribution in [0.25, 0.3) is 0 Å². The van der Waals surface area contributed by atoms with E-state index in [9.17, 15) is 0 Å². The highest BCUT2D eigenvalue weighted by molar-refractivity contribution is 5.32. The summed E-state index contributed by atoms with van der Waals surface area (Å²) in [7, 11) is 2.02. The van der Waals surface area contributed by atoms with Crippen molar-refractivity contribution in [2.24, 2.45) is 0 Å². The third kappa shape index (κ3) is 3.26. The van der Waals surface area contributed by atoms with Crippen molar-refractivity contribution in [1.29, 1.82) is 0 Å². The van der Waals surface area contributed by atoms with Crippen molar-refractivity contribution in [2.75, 3.05) is 7.05 Å². The minimum Gasteiger partial charge on any atom is -0.313 e. The molecule has 0 spiro atoms. The Morgan fingerprint density at radius 1 is 1.00 bits per heavy atom. The predicted molar refractivity (Wildman–Crippen MR) is 85.1 cm³/mol. The maximum Gasteiger partial charge on any atom is 0.0423 e. The van der Waals surface area contributed by atoms with E-state index in [1.54, 1.807) is 0 Å². The fraction of sp³-hybridized carbons (Fsp3) is 0.389. The van der Waals surface area contributed by atoms with Gasteiger partial charge in [-0.25, -0.2) is 0 Å². The van der Waals surface area contributed by atoms with Crippen LogP contribution >= 0.6 is 0 Å². The van der Waals surface area contributed by atoms with Crippen LogP contribution in [0.4, 0.5) is 0 Å². The SMILES string of the molecule is CNC(Cc1ccc(C)c(C)c1)c1ccc(C)nc1C. The van der Waals surface area contributed by atoms with Crippen LogP contribution in [0.5, 0.6) is 0 Å². The number of pyridine rings is 1. The molecule has 2 aromatic rings. The van der Waals surface area contributed by atoms with E-state index in [4.69, 9.17) is 0 Å². The van der Waals surface area contributed by atoms with E-state index in [2.05, 4.69) is 61.4 Å². The summed E-state index contributed by atoms with van der Waals surface area (Å²) in [6, 6.07) is 11.3. The van der Waals surface area contributed by atoms with Crippen molar-refractivity contribution in [1.82, 2.24) is 10.3 Å². The molecule has 106 valence electrons. The molecule has 2 rings (SSSR count). The maximum atomic E-state index is 4.58. The van der Waals surface area contributed by atoms with E-state index in [1.807, 2.05) is 14.0 Å². The van der Waals surface area contributed by atoms with Crippen molar-refractivity contribution in [3.8, 4) is 0 Å². The van der Waals surface area contributed by atoms with E-state index in [0.29, 0.717) is 6.04 Å². The quantitative estimate of drug-likeness (QED) is 0.912. The van der Waals surface area contributed by atoms with Gasteiger partial charge >= 0.3 is 0 Å². The molecule has 1 unspecified atom stereocenters. The Labute approximate surface area is 122 Å². The third-order valence-electron chi connectivity index (χ3n) is 4.00. The number of hydrogen-bond donors (Lipinski definition) is 1. The minimum absolute atomic E-state index is 0.310. The molecular formula is C18H24N2. The summed E-state index contributed by atoms with van der Waals surface area (Å²) in [4.78, 5) is 4.58. The van der Waals surface area contributed by atoms with Crippen LogP contribution in [0.1, 0.15) is 39.7 Å². The first-order chi connectivity index (χ1) is 9.51. The summed E-state index contributed by atoms with van der Waals surface area (Å²) < 4.78 is 0. The molecule has 0 aliphatic rings. The normalized spacial score (nSPS) is 12.4. The molecule has 0 saturated heterocycles. The lowest BCUT2D eigenvalue weighted by Crippen LogP contribution is -2.20. The van der Waals surface area contributed by atoms with Gasteiger partial charge in [-0.05, 0) is 69.5 Å². The Bertz CT molecular complexity index is 602. The number of nitrogens with one attached hydrogen (secondary N) is 1. The van der Waals surface area contributed by atoms with Gasteiger partial charge in [0, 0.05) is 17.4 Å². The summed E-state index contributed by atoms with van der Waals surface area (Å²) in [5.74, 6) is 0. The standard InChI is InChI=1S/C18H24N2/c1-12-6-8-16(10-13(12)2)11-18(19-5)17-9-7-14(3)20-15(17)4/h6-10,18-19H,11H2,1-5H3. The van der Waals surface area contributed by atoms with Gasteiger partial charge in [0.1, 0.15) is 0 Å². The summed E-state index contributed by atoms with van der Waals surface area (Å²) >= 11 is 0. The van der Waals surface area contributed by atoms with E-state index in [0.717, 1.165) is 17.8 Å². The first kappa shape index (κ1) is 14.7. The molecule has 20 heavy (non-hydrogen) atoms. The summed E-state index contributed by atoms with van der Waals surface area (Å²) in [5.41, 5.74) is 7.56. The van der Waals surface area contributed by atoms with Gasteiger partial charge in [0.15, 0.2) is 0 Å². The molecule has 1 heterocycles. The number of benzene rings is 1. The van der Waals surface area contributed by atoms with Crippen LogP contribution in [0.2, 0.25) is 0 Å². The van der Waals surface area contributed by atoms with E-state index in [-0.39, 0.29) is 0 Å². The Morgan fingerprint density at radius 2 is 1.75 bits per heavy atom. The van der Waals surface area contributed by atoms with E-state index < -0.39 is 0 Å². The third-order valence-corrected chi connectivity index (χ3v) is 4.00. The molecular weight excluding hydrogens is 244 g/mol. The number of hydrogen-bond acceptors (Lipinski definition) is 2. The van der Waals surface area contributed by atoms with Crippen molar-refractivity contribution < 1.29 is 0 Å². The van der Waals surface area contributed by atoms with Gasteiger partial charge in [-0.2, -0.15) is 0 Å². The molecule has 1 aromatic carbocycles. The summed E-state index contributed by atoms with van der Waals surface area (Å²) in [6.07, 6.45) is 0.989. The second kappa shape index (κ2) is 6.19. The number of rotatable bonds is 4. The average molecular weight is 268 g/mol. The molecule has 0 radical (unpaired) electrons. The number of aromatic nitrogens is 1. The van der Waals surface area contributed by atoms with Crippen LogP contribution in [0.3, 0.4) is 0 Å². The maximum absolute atomic E-state index is 4.58. The Balaban J connectivity index is 2.26. The van der Waals surface area contributed by atoms with Crippen LogP contribution in [0.15, 0.2) is 30.3 Å². The zero-order valence-corrected chi connectivity index (χ0v) is 13.1. The molecule has 0 amide bonds. The van der Waals surface area contributed by atoms with Crippen LogP contribution in [-0.2, 0) is 6.42 Å². The van der Waals surface area contributed by atoms with Gasteiger partial charge in [0.05, 0.1) is 0 Å². The first-order valence-electron chi connectivity index (χ1n) is 7.19. The van der Waals surface area contributed by atoms with Gasteiger partial charge < -0.3 is 5.32 Å². The molecule has 0 fully saturated rings. The predicted octanol–water partition coefficient (Wildman–Crippen LogP) is 3.82. The molecule has 2 heteroatoms. The minimum atomic E-state index is 0.310. The number of nitrogens with zero attached hydrogens (tertiary/aromatic N) is 1. The van der Waals surface area contributed by atoms with E-state index >= 15 is 0 Å². The Kier molecular flexibility index (Phi) is 4.56. The topological polar surface area (TPSA) is 24.9 Å². The van der Waals surface area contributed by atoms with Gasteiger partial charge in [-0.15, -0.1) is 0 Å². The smallest absolute Gasteiger partial charge is 0.0423 e. The molecule has 0 saturated carbocycles. The first-order valence-corrected chi connectivity index (χ1v) is 7.19. The number of likely N-dealkylation sites (N-methyl/N-ethyl adjacent to an activating group) is 1. The van der Waals surface area contributed by atoms with Crippen LogP contribution in [0, 0.1) is 27.7 Å². The number of aryl methyl sites for hydroxylation is 4. The van der Waals surface area contributed by atoms with Crippen LogP contribution in [-0.4, -0.2) is 12.0 Å². The molecule has 1 N–H and O–H groups in total. The zero-order valence-electron chi connectivity index (χ0n) is 13.1. The summed E-state index contributed by atoms with van der Waals surface area (Å²) in [6.45, 7) is 8.45. The molecule has 2 nitrogen and oxygen atoms in total. The fourth-order valence-electron chi connectivity index (χ4n) is 2.60. The van der Waals surface area contributed by atoms with Crippen molar-refractivity contribution >= 4 is 0 Å². The second-order valence-electron chi connectivity index (χ2n) is 5.59. The average Bonchev–Trinajstić information content (AvgIpc) is 2.41. The van der Waals surface area contributed by atoms with Crippen LogP contribution < -0.4 is 5.32 Å². The lowest BCUT2D eigenvalue weighted by Gasteiger charge is -2.19. The van der Waals surface area contributed by atoms with Gasteiger partial charge in [-0.3, -0.25) is 4.98 Å². The van der Waals surface area contributed by atoms with Crippen molar-refractivity contribution in [3.05, 3.63) is 64.0 Å². The van der Waals surface area contributed by atoms with Gasteiger partial charge in [-0.1, -0.05) is 24.3 Å². The molecule has 1 atom stereocenters. The molecule has 0 aliphatic carbocycles. The Hall–Kier alpha value is -1.67. The molecule has 0 aliphatic heterocycles. The lowest BCUT2D eigenvalue weighted by molar-refractivity contribution is 0.585. The highest BCUT2D eigenvalue weighted by atomic mass is 14.9. The lowest BCUT2D eigenvalue weighted by atomic mass is 9.96. The molecule has 1 aromatic heterocycles. The second-order valence-corrected chi connectivity index (χ2v) is 5.59. The zero-order chi connectivity index (χ0) is 14.7. The van der Waals surface area contributed by atoms with Gasteiger partial charge in [0.25, 0.3) is 0 Å². The van der Waals surface area contributed by atoms with Crippen molar-refractivity contribution in [3.63, 3.8) is 0 Å². The van der Waals surface area contributed by atoms with Gasteiger partial charge in [0.2, 0.25) is 0 Å². The van der Waals surface area contributed by atoms with E-state index in [1.165, 1.54) is 22.3 Å².